The quantitative estimate of drug-likeness (QED) is 0.568. The molecule has 0 bridgehead atoms. The zero-order valence-corrected chi connectivity index (χ0v) is 17.5. The average Bonchev–Trinajstić information content (AvgIpc) is 2.88. The number of nitrogens with zero attached hydrogens (tertiary/aromatic N) is 2. The number of anilines is 1. The van der Waals surface area contributed by atoms with Crippen LogP contribution in [-0.2, 0) is 11.8 Å². The Kier molecular flexibility index (Phi) is 5.61. The second-order valence-electron chi connectivity index (χ2n) is 6.62. The summed E-state index contributed by atoms with van der Waals surface area (Å²) in [6, 6.07) is 14.1. The molecule has 0 aliphatic carbocycles. The second-order valence-corrected chi connectivity index (χ2v) is 7.54. The number of hydrogen-bond acceptors (Lipinski definition) is 2. The van der Waals surface area contributed by atoms with Gasteiger partial charge in [0.05, 0.1) is 5.69 Å². The summed E-state index contributed by atoms with van der Waals surface area (Å²) in [6.07, 6.45) is 3.40. The molecule has 27 heavy (non-hydrogen) atoms. The van der Waals surface area contributed by atoms with E-state index < -0.39 is 0 Å². The summed E-state index contributed by atoms with van der Waals surface area (Å²) < 4.78 is 2.71. The van der Waals surface area contributed by atoms with Crippen molar-refractivity contribution in [2.45, 2.75) is 20.8 Å². The number of carbonyl (C=O) groups is 1. The number of carbonyl (C=O) groups excluding carboxylic acids is 1. The van der Waals surface area contributed by atoms with Crippen LogP contribution >= 0.6 is 15.9 Å². The van der Waals surface area contributed by atoms with Crippen LogP contribution < -0.4 is 5.32 Å². The molecule has 4 nitrogen and oxygen atoms in total. The molecule has 0 saturated heterocycles. The topological polar surface area (TPSA) is 46.9 Å². The highest BCUT2D eigenvalue weighted by molar-refractivity contribution is 9.10. The van der Waals surface area contributed by atoms with Gasteiger partial charge in [0.25, 0.3) is 0 Å². The lowest BCUT2D eigenvalue weighted by Crippen LogP contribution is -2.12. The van der Waals surface area contributed by atoms with E-state index in [0.29, 0.717) is 5.82 Å². The van der Waals surface area contributed by atoms with Gasteiger partial charge in [0, 0.05) is 23.2 Å². The van der Waals surface area contributed by atoms with Crippen LogP contribution in [0.25, 0.3) is 17.2 Å². The SMILES string of the molecule is Cc1ccc(/C=C/C(=O)Nc2c(-c3ccc(Br)cc3)c(C)nn2C)c(C)c1. The van der Waals surface area contributed by atoms with Crippen LogP contribution in [0, 0.1) is 20.8 Å². The number of aryl methyl sites for hydroxylation is 4. The first-order chi connectivity index (χ1) is 12.8. The van der Waals surface area contributed by atoms with Gasteiger partial charge in [-0.15, -0.1) is 0 Å². The molecule has 0 unspecified atom stereocenters. The van der Waals surface area contributed by atoms with Crippen molar-refractivity contribution in [2.24, 2.45) is 7.05 Å². The van der Waals surface area contributed by atoms with Gasteiger partial charge in [0.2, 0.25) is 5.91 Å². The molecule has 0 fully saturated rings. The molecule has 1 N–H and O–H groups in total. The van der Waals surface area contributed by atoms with E-state index in [9.17, 15) is 4.79 Å². The average molecular weight is 424 g/mol. The zero-order valence-electron chi connectivity index (χ0n) is 15.9. The number of aromatic nitrogens is 2. The van der Waals surface area contributed by atoms with E-state index in [2.05, 4.69) is 39.3 Å². The Balaban J connectivity index is 1.86. The molecule has 138 valence electrons. The maximum absolute atomic E-state index is 12.5. The summed E-state index contributed by atoms with van der Waals surface area (Å²) in [5.41, 5.74) is 6.19. The molecule has 0 aliphatic rings. The molecule has 0 aliphatic heterocycles. The lowest BCUT2D eigenvalue weighted by atomic mass is 10.1. The minimum atomic E-state index is -0.184. The molecule has 0 atom stereocenters. The van der Waals surface area contributed by atoms with Gasteiger partial charge in [-0.05, 0) is 55.7 Å². The van der Waals surface area contributed by atoms with Crippen molar-refractivity contribution in [3.05, 3.63) is 75.4 Å². The van der Waals surface area contributed by atoms with Gasteiger partial charge in [-0.3, -0.25) is 9.48 Å². The van der Waals surface area contributed by atoms with Crippen LogP contribution in [0.5, 0.6) is 0 Å². The molecule has 0 spiro atoms. The van der Waals surface area contributed by atoms with Gasteiger partial charge in [-0.1, -0.05) is 51.8 Å². The third-order valence-corrected chi connectivity index (χ3v) is 4.96. The lowest BCUT2D eigenvalue weighted by Gasteiger charge is -2.08. The van der Waals surface area contributed by atoms with Gasteiger partial charge < -0.3 is 5.32 Å². The van der Waals surface area contributed by atoms with E-state index in [1.807, 2.05) is 63.4 Å². The van der Waals surface area contributed by atoms with Gasteiger partial charge in [-0.2, -0.15) is 5.10 Å². The Bertz CT molecular complexity index is 1020. The number of benzene rings is 2. The smallest absolute Gasteiger partial charge is 0.249 e. The number of amides is 1. The molecule has 3 aromatic rings. The summed E-state index contributed by atoms with van der Waals surface area (Å²) in [5.74, 6) is 0.501. The molecule has 2 aromatic carbocycles. The Morgan fingerprint density at radius 3 is 2.48 bits per heavy atom. The normalized spacial score (nSPS) is 11.1. The Labute approximate surface area is 168 Å². The molecule has 1 aromatic heterocycles. The highest BCUT2D eigenvalue weighted by Crippen LogP contribution is 2.31. The largest absolute Gasteiger partial charge is 0.307 e. The standard InChI is InChI=1S/C22H22BrN3O/c1-14-5-6-17(15(2)13-14)9-12-20(27)24-22-21(16(3)25-26(22)4)18-7-10-19(23)11-8-18/h5-13H,1-4H3,(H,24,27)/b12-9+. The summed E-state index contributed by atoms with van der Waals surface area (Å²) in [4.78, 5) is 12.5. The van der Waals surface area contributed by atoms with Crippen LogP contribution in [0.15, 0.2) is 53.0 Å². The van der Waals surface area contributed by atoms with E-state index >= 15 is 0 Å². The molecule has 1 amide bonds. The van der Waals surface area contributed by atoms with Crippen molar-refractivity contribution in [1.82, 2.24) is 9.78 Å². The number of hydrogen-bond donors (Lipinski definition) is 1. The first kappa shape index (κ1) is 19.1. The van der Waals surface area contributed by atoms with E-state index in [0.717, 1.165) is 32.4 Å². The molecule has 5 heteroatoms. The summed E-state index contributed by atoms with van der Waals surface area (Å²) in [6.45, 7) is 6.04. The van der Waals surface area contributed by atoms with Gasteiger partial charge in [0.1, 0.15) is 5.82 Å². The Morgan fingerprint density at radius 1 is 1.11 bits per heavy atom. The maximum atomic E-state index is 12.5. The van der Waals surface area contributed by atoms with Crippen molar-refractivity contribution in [2.75, 3.05) is 5.32 Å². The first-order valence-electron chi connectivity index (χ1n) is 8.71. The third-order valence-electron chi connectivity index (χ3n) is 4.44. The fourth-order valence-corrected chi connectivity index (χ4v) is 3.36. The fraction of sp³-hybridized carbons (Fsp3) is 0.182. The van der Waals surface area contributed by atoms with Gasteiger partial charge in [-0.25, -0.2) is 0 Å². The summed E-state index contributed by atoms with van der Waals surface area (Å²) in [5, 5.41) is 7.45. The minimum absolute atomic E-state index is 0.184. The Hall–Kier alpha value is -2.66. The van der Waals surface area contributed by atoms with Crippen LogP contribution in [-0.4, -0.2) is 15.7 Å². The molecular weight excluding hydrogens is 402 g/mol. The predicted molar refractivity (Wildman–Crippen MR) is 115 cm³/mol. The monoisotopic (exact) mass is 423 g/mol. The van der Waals surface area contributed by atoms with Crippen molar-refractivity contribution in [3.8, 4) is 11.1 Å². The fourth-order valence-electron chi connectivity index (χ4n) is 3.10. The predicted octanol–water partition coefficient (Wildman–Crippen LogP) is 5.43. The van der Waals surface area contributed by atoms with E-state index in [1.54, 1.807) is 10.8 Å². The molecule has 1 heterocycles. The number of rotatable bonds is 4. The molecule has 0 radical (unpaired) electrons. The van der Waals surface area contributed by atoms with Crippen molar-refractivity contribution in [3.63, 3.8) is 0 Å². The second kappa shape index (κ2) is 7.92. The summed E-state index contributed by atoms with van der Waals surface area (Å²) in [7, 11) is 1.83. The molecular formula is C22H22BrN3O. The van der Waals surface area contributed by atoms with Crippen molar-refractivity contribution < 1.29 is 4.79 Å². The van der Waals surface area contributed by atoms with E-state index in [4.69, 9.17) is 0 Å². The van der Waals surface area contributed by atoms with Gasteiger partial charge in [0.15, 0.2) is 0 Å². The maximum Gasteiger partial charge on any atom is 0.249 e. The van der Waals surface area contributed by atoms with E-state index in [1.165, 1.54) is 5.56 Å². The minimum Gasteiger partial charge on any atom is -0.307 e. The highest BCUT2D eigenvalue weighted by Gasteiger charge is 2.16. The third kappa shape index (κ3) is 4.37. The molecule has 0 saturated carbocycles. The van der Waals surface area contributed by atoms with Crippen LogP contribution in [0.4, 0.5) is 5.82 Å². The lowest BCUT2D eigenvalue weighted by molar-refractivity contribution is -0.111. The van der Waals surface area contributed by atoms with Crippen LogP contribution in [0.1, 0.15) is 22.4 Å². The van der Waals surface area contributed by atoms with Crippen molar-refractivity contribution >= 4 is 33.7 Å². The van der Waals surface area contributed by atoms with Crippen molar-refractivity contribution in [1.29, 1.82) is 0 Å². The molecule has 3 rings (SSSR count). The number of halogens is 1. The Morgan fingerprint density at radius 2 is 1.81 bits per heavy atom. The highest BCUT2D eigenvalue weighted by atomic mass is 79.9. The number of nitrogens with one attached hydrogen (secondary N) is 1. The van der Waals surface area contributed by atoms with Gasteiger partial charge >= 0.3 is 0 Å². The first-order valence-corrected chi connectivity index (χ1v) is 9.50. The summed E-state index contributed by atoms with van der Waals surface area (Å²) >= 11 is 3.45. The van der Waals surface area contributed by atoms with E-state index in [-0.39, 0.29) is 5.91 Å². The zero-order chi connectivity index (χ0) is 19.6. The van der Waals surface area contributed by atoms with Crippen LogP contribution in [0.3, 0.4) is 0 Å². The van der Waals surface area contributed by atoms with Crippen LogP contribution in [0.2, 0.25) is 0 Å².